The monoisotopic (exact) mass is 335 g/mol. The van der Waals surface area contributed by atoms with Crippen LogP contribution in [0.3, 0.4) is 0 Å². The van der Waals surface area contributed by atoms with Gasteiger partial charge in [0.05, 0.1) is 0 Å². The van der Waals surface area contributed by atoms with E-state index in [0.29, 0.717) is 13.2 Å². The van der Waals surface area contributed by atoms with E-state index < -0.39 is 5.79 Å². The van der Waals surface area contributed by atoms with Crippen LogP contribution in [0.2, 0.25) is 0 Å². The zero-order valence-electron chi connectivity index (χ0n) is 16.1. The number of hydrogen-bond acceptors (Lipinski definition) is 3. The summed E-state index contributed by atoms with van der Waals surface area (Å²) in [6.07, 6.45) is 8.86. The fourth-order valence-corrected chi connectivity index (χ4v) is 3.40. The zero-order chi connectivity index (χ0) is 17.8. The molecule has 0 aliphatic carbocycles. The molecule has 0 bridgehead atoms. The summed E-state index contributed by atoms with van der Waals surface area (Å²) in [6.45, 7) is 9.70. The molecule has 2 N–H and O–H groups in total. The van der Waals surface area contributed by atoms with E-state index >= 15 is 0 Å². The molecular weight excluding hydrogens is 298 g/mol. The van der Waals surface area contributed by atoms with Gasteiger partial charge in [0.25, 0.3) is 0 Å². The number of anilines is 1. The Morgan fingerprint density at radius 3 is 1.96 bits per heavy atom. The van der Waals surface area contributed by atoms with E-state index in [-0.39, 0.29) is 5.92 Å². The summed E-state index contributed by atoms with van der Waals surface area (Å²) >= 11 is 0. The number of ether oxygens (including phenoxy) is 2. The molecule has 1 aromatic rings. The van der Waals surface area contributed by atoms with Crippen LogP contribution in [0.25, 0.3) is 0 Å². The number of nitrogens with two attached hydrogens (primary N) is 1. The standard InChI is InChI=1S/C21H37NO2/c1-5-8-9-10-11-12-13-20(18-14-16-19(22)17-15-18)21(4,23-6-2)24-7-3/h14-17,20H,5-13,22H2,1-4H3. The molecule has 0 amide bonds. The van der Waals surface area contributed by atoms with Gasteiger partial charge in [-0.25, -0.2) is 0 Å². The van der Waals surface area contributed by atoms with Crippen LogP contribution in [0.4, 0.5) is 5.69 Å². The molecule has 0 heterocycles. The molecule has 24 heavy (non-hydrogen) atoms. The Morgan fingerprint density at radius 1 is 0.875 bits per heavy atom. The average molecular weight is 336 g/mol. The molecule has 0 fully saturated rings. The first-order valence-corrected chi connectivity index (χ1v) is 9.70. The third kappa shape index (κ3) is 6.82. The van der Waals surface area contributed by atoms with Gasteiger partial charge >= 0.3 is 0 Å². The lowest BCUT2D eigenvalue weighted by atomic mass is 9.86. The zero-order valence-corrected chi connectivity index (χ0v) is 16.1. The van der Waals surface area contributed by atoms with Crippen LogP contribution in [0, 0.1) is 0 Å². The summed E-state index contributed by atoms with van der Waals surface area (Å²) in [7, 11) is 0. The number of benzene rings is 1. The van der Waals surface area contributed by atoms with Crippen molar-refractivity contribution in [2.24, 2.45) is 0 Å². The van der Waals surface area contributed by atoms with Gasteiger partial charge in [-0.15, -0.1) is 0 Å². The van der Waals surface area contributed by atoms with Crippen molar-refractivity contribution in [3.63, 3.8) is 0 Å². The largest absolute Gasteiger partial charge is 0.399 e. The van der Waals surface area contributed by atoms with Gasteiger partial charge in [-0.1, -0.05) is 57.6 Å². The second-order valence-corrected chi connectivity index (χ2v) is 6.66. The fraction of sp³-hybridized carbons (Fsp3) is 0.714. The van der Waals surface area contributed by atoms with Gasteiger partial charge in [-0.05, 0) is 44.9 Å². The number of rotatable bonds is 13. The lowest BCUT2D eigenvalue weighted by Gasteiger charge is -2.37. The van der Waals surface area contributed by atoms with Gasteiger partial charge in [0.15, 0.2) is 5.79 Å². The van der Waals surface area contributed by atoms with Gasteiger partial charge in [0.2, 0.25) is 0 Å². The van der Waals surface area contributed by atoms with Crippen LogP contribution in [0.1, 0.15) is 84.1 Å². The Kier molecular flexibility index (Phi) is 10.0. The van der Waals surface area contributed by atoms with E-state index in [1.807, 2.05) is 26.0 Å². The highest BCUT2D eigenvalue weighted by Crippen LogP contribution is 2.37. The summed E-state index contributed by atoms with van der Waals surface area (Å²) < 4.78 is 12.1. The molecule has 1 rings (SSSR count). The third-order valence-corrected chi connectivity index (χ3v) is 4.68. The van der Waals surface area contributed by atoms with E-state index in [4.69, 9.17) is 15.2 Å². The predicted octanol–water partition coefficient (Wildman–Crippen LogP) is 5.89. The van der Waals surface area contributed by atoms with Gasteiger partial charge in [-0.3, -0.25) is 0 Å². The van der Waals surface area contributed by atoms with E-state index in [1.165, 1.54) is 44.1 Å². The van der Waals surface area contributed by atoms with Crippen LogP contribution < -0.4 is 5.73 Å². The minimum absolute atomic E-state index is 0.226. The molecule has 0 saturated heterocycles. The highest BCUT2D eigenvalue weighted by atomic mass is 16.7. The van der Waals surface area contributed by atoms with E-state index in [9.17, 15) is 0 Å². The average Bonchev–Trinajstić information content (AvgIpc) is 2.56. The lowest BCUT2D eigenvalue weighted by Crippen LogP contribution is -2.39. The molecule has 0 aliphatic heterocycles. The van der Waals surface area contributed by atoms with Crippen molar-refractivity contribution >= 4 is 5.69 Å². The number of unbranched alkanes of at least 4 members (excludes halogenated alkanes) is 5. The van der Waals surface area contributed by atoms with Crippen molar-refractivity contribution in [3.8, 4) is 0 Å². The summed E-state index contributed by atoms with van der Waals surface area (Å²) in [5.41, 5.74) is 7.91. The molecule has 3 nitrogen and oxygen atoms in total. The summed E-state index contributed by atoms with van der Waals surface area (Å²) in [6, 6.07) is 8.19. The van der Waals surface area contributed by atoms with Crippen molar-refractivity contribution in [1.29, 1.82) is 0 Å². The van der Waals surface area contributed by atoms with Crippen molar-refractivity contribution in [1.82, 2.24) is 0 Å². The van der Waals surface area contributed by atoms with E-state index in [2.05, 4.69) is 26.0 Å². The molecule has 0 aliphatic rings. The Morgan fingerprint density at radius 2 is 1.42 bits per heavy atom. The highest BCUT2D eigenvalue weighted by Gasteiger charge is 2.36. The normalized spacial score (nSPS) is 13.2. The second kappa shape index (κ2) is 11.5. The second-order valence-electron chi connectivity index (χ2n) is 6.66. The first-order valence-electron chi connectivity index (χ1n) is 9.70. The topological polar surface area (TPSA) is 44.5 Å². The lowest BCUT2D eigenvalue weighted by molar-refractivity contribution is -0.236. The van der Waals surface area contributed by atoms with Gasteiger partial charge < -0.3 is 15.2 Å². The number of nitrogen functional groups attached to an aromatic ring is 1. The molecule has 138 valence electrons. The quantitative estimate of drug-likeness (QED) is 0.277. The molecule has 0 saturated carbocycles. The molecule has 3 heteroatoms. The maximum atomic E-state index is 6.06. The predicted molar refractivity (Wildman–Crippen MR) is 103 cm³/mol. The van der Waals surface area contributed by atoms with Crippen LogP contribution >= 0.6 is 0 Å². The Labute approximate surface area is 148 Å². The highest BCUT2D eigenvalue weighted by molar-refractivity contribution is 5.40. The molecule has 0 aromatic heterocycles. The van der Waals surface area contributed by atoms with Crippen LogP contribution in [0.15, 0.2) is 24.3 Å². The van der Waals surface area contributed by atoms with Crippen LogP contribution in [0.5, 0.6) is 0 Å². The number of hydrogen-bond donors (Lipinski definition) is 1. The van der Waals surface area contributed by atoms with Crippen LogP contribution in [-0.4, -0.2) is 19.0 Å². The molecule has 1 atom stereocenters. The van der Waals surface area contributed by atoms with Crippen molar-refractivity contribution < 1.29 is 9.47 Å². The maximum absolute atomic E-state index is 6.06. The summed E-state index contributed by atoms with van der Waals surface area (Å²) in [5.74, 6) is -0.354. The molecule has 0 radical (unpaired) electrons. The first-order chi connectivity index (χ1) is 11.6. The van der Waals surface area contributed by atoms with E-state index in [0.717, 1.165) is 12.1 Å². The molecule has 1 aromatic carbocycles. The Hall–Kier alpha value is -1.06. The molecular formula is C21H37NO2. The molecule has 1 unspecified atom stereocenters. The Bertz CT molecular complexity index is 424. The minimum atomic E-state index is -0.580. The summed E-state index contributed by atoms with van der Waals surface area (Å²) in [5, 5.41) is 0. The van der Waals surface area contributed by atoms with Crippen molar-refractivity contribution in [2.45, 2.75) is 84.3 Å². The van der Waals surface area contributed by atoms with Gasteiger partial charge in [-0.2, -0.15) is 0 Å². The van der Waals surface area contributed by atoms with Crippen molar-refractivity contribution in [2.75, 3.05) is 18.9 Å². The van der Waals surface area contributed by atoms with Gasteiger partial charge in [0.1, 0.15) is 0 Å². The Balaban J connectivity index is 2.80. The maximum Gasteiger partial charge on any atom is 0.172 e. The minimum Gasteiger partial charge on any atom is -0.399 e. The fourth-order valence-electron chi connectivity index (χ4n) is 3.40. The SMILES string of the molecule is CCCCCCCCC(c1ccc(N)cc1)C(C)(OCC)OCC. The smallest absolute Gasteiger partial charge is 0.172 e. The first kappa shape index (κ1) is 21.0. The third-order valence-electron chi connectivity index (χ3n) is 4.68. The van der Waals surface area contributed by atoms with Gasteiger partial charge in [0, 0.05) is 24.8 Å². The van der Waals surface area contributed by atoms with E-state index in [1.54, 1.807) is 0 Å². The van der Waals surface area contributed by atoms with Crippen molar-refractivity contribution in [3.05, 3.63) is 29.8 Å². The molecule has 0 spiro atoms. The van der Waals surface area contributed by atoms with Crippen LogP contribution in [-0.2, 0) is 9.47 Å². The summed E-state index contributed by atoms with van der Waals surface area (Å²) in [4.78, 5) is 0.